The quantitative estimate of drug-likeness (QED) is 0.693. The number of urea groups is 1. The summed E-state index contributed by atoms with van der Waals surface area (Å²) >= 11 is 1.44. The lowest BCUT2D eigenvalue weighted by molar-refractivity contribution is -0.136. The minimum Gasteiger partial charge on any atom is -0.352 e. The predicted molar refractivity (Wildman–Crippen MR) is 94.5 cm³/mol. The van der Waals surface area contributed by atoms with Gasteiger partial charge in [0.1, 0.15) is 0 Å². The van der Waals surface area contributed by atoms with Crippen LogP contribution < -0.4 is 16.4 Å². The minimum atomic E-state index is -0.685. The molecule has 1 aromatic rings. The number of carbonyl (C=O) groups excluding carboxylic acids is 3. The first kappa shape index (κ1) is 20.0. The van der Waals surface area contributed by atoms with Crippen LogP contribution in [0.2, 0.25) is 0 Å². The molecule has 134 valence electrons. The topological polar surface area (TPSA) is 105 Å². The van der Waals surface area contributed by atoms with E-state index < -0.39 is 12.1 Å². The SMILES string of the molecule is CCN(CC(=O)NC(C)(C)C)C(=O)CC(NC(N)=O)c1cccs1. The maximum Gasteiger partial charge on any atom is 0.312 e. The molecule has 4 N–H and O–H groups in total. The molecule has 24 heavy (non-hydrogen) atoms. The lowest BCUT2D eigenvalue weighted by Gasteiger charge is -2.26. The summed E-state index contributed by atoms with van der Waals surface area (Å²) in [5.41, 5.74) is 4.84. The van der Waals surface area contributed by atoms with Crippen molar-refractivity contribution in [3.63, 3.8) is 0 Å². The molecule has 0 saturated heterocycles. The summed E-state index contributed by atoms with van der Waals surface area (Å²) in [6.45, 7) is 7.85. The van der Waals surface area contributed by atoms with Gasteiger partial charge in [-0.3, -0.25) is 9.59 Å². The second kappa shape index (κ2) is 8.68. The molecule has 0 aromatic carbocycles. The third-order valence-electron chi connectivity index (χ3n) is 3.17. The van der Waals surface area contributed by atoms with E-state index in [4.69, 9.17) is 5.73 Å². The zero-order valence-corrected chi connectivity index (χ0v) is 15.4. The number of nitrogens with one attached hydrogen (secondary N) is 2. The molecule has 0 aliphatic carbocycles. The van der Waals surface area contributed by atoms with Crippen LogP contribution in [-0.4, -0.2) is 41.4 Å². The highest BCUT2D eigenvalue weighted by Gasteiger charge is 2.24. The summed E-state index contributed by atoms with van der Waals surface area (Å²) in [6.07, 6.45) is 0.0556. The molecule has 0 bridgehead atoms. The van der Waals surface area contributed by atoms with Crippen molar-refractivity contribution in [1.29, 1.82) is 0 Å². The number of nitrogens with two attached hydrogens (primary N) is 1. The molecule has 1 unspecified atom stereocenters. The standard InChI is InChI=1S/C16H26N4O3S/c1-5-20(10-13(21)19-16(2,3)4)14(22)9-11(18-15(17)23)12-7-6-8-24-12/h6-8,11H,5,9-10H2,1-4H3,(H,19,21)(H3,17,18,23). The summed E-state index contributed by atoms with van der Waals surface area (Å²) in [4.78, 5) is 38.0. The third-order valence-corrected chi connectivity index (χ3v) is 4.15. The average Bonchev–Trinajstić information content (AvgIpc) is 2.95. The number of thiophene rings is 1. The maximum atomic E-state index is 12.5. The summed E-state index contributed by atoms with van der Waals surface area (Å²) in [5, 5.41) is 7.28. The number of likely N-dealkylation sites (N-methyl/N-ethyl adjacent to an activating group) is 1. The highest BCUT2D eigenvalue weighted by molar-refractivity contribution is 7.10. The molecule has 8 heteroatoms. The van der Waals surface area contributed by atoms with Gasteiger partial charge in [-0.25, -0.2) is 4.79 Å². The molecular formula is C16H26N4O3S. The smallest absolute Gasteiger partial charge is 0.312 e. The van der Waals surface area contributed by atoms with Gasteiger partial charge in [-0.15, -0.1) is 11.3 Å². The zero-order chi connectivity index (χ0) is 18.3. The van der Waals surface area contributed by atoms with E-state index in [1.54, 1.807) is 0 Å². The van der Waals surface area contributed by atoms with Crippen molar-refractivity contribution in [2.24, 2.45) is 5.73 Å². The van der Waals surface area contributed by atoms with Gasteiger partial charge in [-0.1, -0.05) is 6.07 Å². The molecule has 1 atom stereocenters. The Balaban J connectivity index is 2.73. The highest BCUT2D eigenvalue weighted by Crippen LogP contribution is 2.22. The van der Waals surface area contributed by atoms with Crippen molar-refractivity contribution in [2.75, 3.05) is 13.1 Å². The molecule has 1 heterocycles. The first-order valence-electron chi connectivity index (χ1n) is 7.80. The molecule has 0 aliphatic rings. The Morgan fingerprint density at radius 3 is 2.46 bits per heavy atom. The van der Waals surface area contributed by atoms with E-state index >= 15 is 0 Å². The summed E-state index contributed by atoms with van der Waals surface area (Å²) < 4.78 is 0. The first-order chi connectivity index (χ1) is 11.1. The van der Waals surface area contributed by atoms with Gasteiger partial charge in [0.05, 0.1) is 19.0 Å². The highest BCUT2D eigenvalue weighted by atomic mass is 32.1. The second-order valence-corrected chi connectivity index (χ2v) is 7.47. The predicted octanol–water partition coefficient (Wildman–Crippen LogP) is 1.61. The zero-order valence-electron chi connectivity index (χ0n) is 14.6. The largest absolute Gasteiger partial charge is 0.352 e. The maximum absolute atomic E-state index is 12.5. The van der Waals surface area contributed by atoms with Crippen molar-refractivity contribution < 1.29 is 14.4 Å². The Morgan fingerprint density at radius 2 is 2.00 bits per heavy atom. The Morgan fingerprint density at radius 1 is 1.33 bits per heavy atom. The molecule has 4 amide bonds. The summed E-state index contributed by atoms with van der Waals surface area (Å²) in [6, 6.07) is 2.50. The van der Waals surface area contributed by atoms with Crippen molar-refractivity contribution in [1.82, 2.24) is 15.5 Å². The van der Waals surface area contributed by atoms with Crippen LogP contribution >= 0.6 is 11.3 Å². The van der Waals surface area contributed by atoms with E-state index in [-0.39, 0.29) is 30.3 Å². The van der Waals surface area contributed by atoms with E-state index in [1.807, 2.05) is 45.2 Å². The van der Waals surface area contributed by atoms with Gasteiger partial charge < -0.3 is 21.3 Å². The van der Waals surface area contributed by atoms with Crippen LogP contribution in [0.5, 0.6) is 0 Å². The number of hydrogen-bond donors (Lipinski definition) is 3. The molecule has 0 fully saturated rings. The van der Waals surface area contributed by atoms with Crippen molar-refractivity contribution in [3.05, 3.63) is 22.4 Å². The van der Waals surface area contributed by atoms with Crippen LogP contribution in [0.15, 0.2) is 17.5 Å². The van der Waals surface area contributed by atoms with Gasteiger partial charge in [0.15, 0.2) is 0 Å². The van der Waals surface area contributed by atoms with E-state index in [1.165, 1.54) is 16.2 Å². The lowest BCUT2D eigenvalue weighted by atomic mass is 10.1. The number of rotatable bonds is 7. The molecular weight excluding hydrogens is 328 g/mol. The molecule has 0 saturated carbocycles. The molecule has 0 spiro atoms. The fourth-order valence-electron chi connectivity index (χ4n) is 2.20. The van der Waals surface area contributed by atoms with Gasteiger partial charge in [-0.2, -0.15) is 0 Å². The number of carbonyl (C=O) groups is 3. The van der Waals surface area contributed by atoms with Crippen molar-refractivity contribution in [3.8, 4) is 0 Å². The van der Waals surface area contributed by atoms with Crippen LogP contribution in [0.25, 0.3) is 0 Å². The molecule has 1 aromatic heterocycles. The Hall–Kier alpha value is -2.09. The normalized spacial score (nSPS) is 12.3. The van der Waals surface area contributed by atoms with E-state index in [0.717, 1.165) is 4.88 Å². The molecule has 0 aliphatic heterocycles. The third kappa shape index (κ3) is 6.99. The Bertz CT molecular complexity index is 566. The molecule has 0 radical (unpaired) electrons. The number of hydrogen-bond acceptors (Lipinski definition) is 4. The molecule has 1 rings (SSSR count). The van der Waals surface area contributed by atoms with Gasteiger partial charge in [0.25, 0.3) is 0 Å². The van der Waals surface area contributed by atoms with Crippen LogP contribution in [0.4, 0.5) is 4.79 Å². The van der Waals surface area contributed by atoms with E-state index in [9.17, 15) is 14.4 Å². The van der Waals surface area contributed by atoms with Crippen molar-refractivity contribution in [2.45, 2.75) is 45.7 Å². The summed E-state index contributed by atoms with van der Waals surface area (Å²) in [5.74, 6) is -0.429. The number of amides is 4. The molecule has 7 nitrogen and oxygen atoms in total. The van der Waals surface area contributed by atoms with Crippen LogP contribution in [0.1, 0.15) is 45.0 Å². The number of nitrogens with zero attached hydrogens (tertiary/aromatic N) is 1. The van der Waals surface area contributed by atoms with Crippen molar-refractivity contribution >= 4 is 29.2 Å². The fourth-order valence-corrected chi connectivity index (χ4v) is 2.97. The number of primary amides is 1. The first-order valence-corrected chi connectivity index (χ1v) is 8.68. The van der Waals surface area contributed by atoms with Gasteiger partial charge in [0, 0.05) is 17.0 Å². The average molecular weight is 354 g/mol. The van der Waals surface area contributed by atoms with Gasteiger partial charge in [0.2, 0.25) is 11.8 Å². The second-order valence-electron chi connectivity index (χ2n) is 6.49. The minimum absolute atomic E-state index is 0.0136. The van der Waals surface area contributed by atoms with E-state index in [2.05, 4.69) is 10.6 Å². The van der Waals surface area contributed by atoms with Crippen LogP contribution in [0, 0.1) is 0 Å². The van der Waals surface area contributed by atoms with E-state index in [0.29, 0.717) is 6.54 Å². The van der Waals surface area contributed by atoms with Crippen LogP contribution in [0.3, 0.4) is 0 Å². The lowest BCUT2D eigenvalue weighted by Crippen LogP contribution is -2.47. The fraction of sp³-hybridized carbons (Fsp3) is 0.562. The van der Waals surface area contributed by atoms with Crippen LogP contribution in [-0.2, 0) is 9.59 Å². The Labute approximate surface area is 146 Å². The van der Waals surface area contributed by atoms with Gasteiger partial charge in [-0.05, 0) is 39.1 Å². The monoisotopic (exact) mass is 354 g/mol. The summed E-state index contributed by atoms with van der Waals surface area (Å²) in [7, 11) is 0. The Kier molecular flexibility index (Phi) is 7.21. The van der Waals surface area contributed by atoms with Gasteiger partial charge >= 0.3 is 6.03 Å².